The van der Waals surface area contributed by atoms with Gasteiger partial charge in [-0.1, -0.05) is 17.7 Å². The zero-order valence-corrected chi connectivity index (χ0v) is 16.6. The van der Waals surface area contributed by atoms with Crippen LogP contribution in [0.25, 0.3) is 10.2 Å². The van der Waals surface area contributed by atoms with Crippen LogP contribution in [0.2, 0.25) is 5.02 Å². The molecular formula is C19H18ClN3O3S. The molecule has 0 saturated heterocycles. The van der Waals surface area contributed by atoms with Gasteiger partial charge in [0.15, 0.2) is 0 Å². The molecule has 0 bridgehead atoms. The summed E-state index contributed by atoms with van der Waals surface area (Å²) in [5.74, 6) is -0.490. The summed E-state index contributed by atoms with van der Waals surface area (Å²) in [6, 6.07) is 8.23. The minimum Gasteiger partial charge on any atom is -0.462 e. The Labute approximate surface area is 165 Å². The third-order valence-corrected chi connectivity index (χ3v) is 5.07. The minimum atomic E-state index is -0.490. The number of urea groups is 1. The number of benzene rings is 1. The molecule has 0 unspecified atom stereocenters. The Morgan fingerprint density at radius 2 is 2.00 bits per heavy atom. The molecule has 6 nitrogen and oxygen atoms in total. The van der Waals surface area contributed by atoms with Crippen molar-refractivity contribution in [1.82, 2.24) is 4.98 Å². The summed E-state index contributed by atoms with van der Waals surface area (Å²) in [4.78, 5) is 30.4. The van der Waals surface area contributed by atoms with Gasteiger partial charge in [0, 0.05) is 21.8 Å². The second-order valence-electron chi connectivity index (χ2n) is 5.88. The van der Waals surface area contributed by atoms with Crippen LogP contribution in [0.3, 0.4) is 0 Å². The number of hydrogen-bond acceptors (Lipinski definition) is 5. The molecule has 2 heterocycles. The average molecular weight is 404 g/mol. The second-order valence-corrected chi connectivity index (χ2v) is 7.31. The summed E-state index contributed by atoms with van der Waals surface area (Å²) in [6.07, 6.45) is 0. The van der Waals surface area contributed by atoms with E-state index < -0.39 is 12.0 Å². The number of aromatic nitrogens is 1. The summed E-state index contributed by atoms with van der Waals surface area (Å²) in [6.45, 7) is 5.78. The lowest BCUT2D eigenvalue weighted by Gasteiger charge is -2.10. The summed E-state index contributed by atoms with van der Waals surface area (Å²) < 4.78 is 5.14. The zero-order chi connectivity index (χ0) is 19.6. The van der Waals surface area contributed by atoms with Gasteiger partial charge in [0.2, 0.25) is 0 Å². The van der Waals surface area contributed by atoms with Gasteiger partial charge in [-0.05, 0) is 50.6 Å². The highest BCUT2D eigenvalue weighted by atomic mass is 35.5. The lowest BCUT2D eigenvalue weighted by molar-refractivity contribution is 0.0533. The summed E-state index contributed by atoms with van der Waals surface area (Å²) in [5.41, 5.74) is 2.70. The Balaban J connectivity index is 1.99. The number of nitrogens with one attached hydrogen (secondary N) is 2. The van der Waals surface area contributed by atoms with E-state index in [1.165, 1.54) is 11.3 Å². The molecule has 0 radical (unpaired) electrons. The number of carbonyl (C=O) groups is 2. The van der Waals surface area contributed by atoms with Crippen molar-refractivity contribution in [2.75, 3.05) is 17.2 Å². The molecule has 3 rings (SSSR count). The number of thiophene rings is 1. The third-order valence-electron chi connectivity index (χ3n) is 3.77. The first-order valence-electron chi connectivity index (χ1n) is 8.30. The average Bonchev–Trinajstić information content (AvgIpc) is 2.93. The van der Waals surface area contributed by atoms with Gasteiger partial charge in [-0.25, -0.2) is 14.6 Å². The van der Waals surface area contributed by atoms with Crippen LogP contribution in [-0.2, 0) is 4.74 Å². The molecule has 2 N–H and O–H groups in total. The number of ether oxygens (including phenoxy) is 1. The van der Waals surface area contributed by atoms with Crippen LogP contribution in [0, 0.1) is 13.8 Å². The number of halogens is 1. The maximum atomic E-state index is 12.5. The molecule has 0 aliphatic rings. The SMILES string of the molecule is CCOC(=O)c1sc2nc(C)cc(C)c2c1NC(=O)Nc1cccc(Cl)c1. The predicted octanol–water partition coefficient (Wildman–Crippen LogP) is 5.39. The third kappa shape index (κ3) is 4.20. The molecule has 0 fully saturated rings. The Morgan fingerprint density at radius 1 is 1.22 bits per heavy atom. The van der Waals surface area contributed by atoms with E-state index in [0.29, 0.717) is 26.1 Å². The Kier molecular flexibility index (Phi) is 5.62. The number of nitrogens with zero attached hydrogens (tertiary/aromatic N) is 1. The van der Waals surface area contributed by atoms with Gasteiger partial charge in [-0.15, -0.1) is 11.3 Å². The molecule has 2 aromatic heterocycles. The lowest BCUT2D eigenvalue weighted by Crippen LogP contribution is -2.20. The zero-order valence-electron chi connectivity index (χ0n) is 15.1. The highest BCUT2D eigenvalue weighted by Gasteiger charge is 2.23. The molecule has 8 heteroatoms. The largest absolute Gasteiger partial charge is 0.462 e. The molecule has 0 spiro atoms. The van der Waals surface area contributed by atoms with Crippen LogP contribution in [0.4, 0.5) is 16.2 Å². The smallest absolute Gasteiger partial charge is 0.350 e. The Bertz CT molecular complexity index is 1030. The normalized spacial score (nSPS) is 10.7. The molecule has 1 aromatic carbocycles. The topological polar surface area (TPSA) is 80.3 Å². The predicted molar refractivity (Wildman–Crippen MR) is 109 cm³/mol. The van der Waals surface area contributed by atoms with E-state index in [4.69, 9.17) is 16.3 Å². The van der Waals surface area contributed by atoms with E-state index in [1.807, 2.05) is 19.9 Å². The van der Waals surface area contributed by atoms with E-state index >= 15 is 0 Å². The molecule has 2 amide bonds. The van der Waals surface area contributed by atoms with Gasteiger partial charge < -0.3 is 15.4 Å². The van der Waals surface area contributed by atoms with Gasteiger partial charge >= 0.3 is 12.0 Å². The van der Waals surface area contributed by atoms with Crippen LogP contribution in [0.15, 0.2) is 30.3 Å². The van der Waals surface area contributed by atoms with E-state index in [1.54, 1.807) is 31.2 Å². The standard InChI is InChI=1S/C19H18ClN3O3S/c1-4-26-18(24)16-15(14-10(2)8-11(3)21-17(14)27-16)23-19(25)22-13-7-5-6-12(20)9-13/h5-9H,4H2,1-3H3,(H2,22,23,25). The molecule has 0 saturated carbocycles. The van der Waals surface area contributed by atoms with Crippen molar-refractivity contribution < 1.29 is 14.3 Å². The van der Waals surface area contributed by atoms with Crippen LogP contribution in [0.1, 0.15) is 27.9 Å². The molecule has 3 aromatic rings. The van der Waals surface area contributed by atoms with Crippen LogP contribution >= 0.6 is 22.9 Å². The van der Waals surface area contributed by atoms with Crippen molar-refractivity contribution in [3.63, 3.8) is 0 Å². The fourth-order valence-electron chi connectivity index (χ4n) is 2.74. The van der Waals surface area contributed by atoms with Crippen molar-refractivity contribution in [3.8, 4) is 0 Å². The van der Waals surface area contributed by atoms with Gasteiger partial charge in [0.1, 0.15) is 9.71 Å². The maximum Gasteiger partial charge on any atom is 0.350 e. The number of pyridine rings is 1. The number of amides is 2. The summed E-state index contributed by atoms with van der Waals surface area (Å²) in [7, 11) is 0. The number of fused-ring (bicyclic) bond motifs is 1. The summed E-state index contributed by atoms with van der Waals surface area (Å²) >= 11 is 7.15. The fourth-order valence-corrected chi connectivity index (χ4v) is 4.08. The van der Waals surface area contributed by atoms with Crippen molar-refractivity contribution in [2.45, 2.75) is 20.8 Å². The van der Waals surface area contributed by atoms with Crippen molar-refractivity contribution in [1.29, 1.82) is 0 Å². The van der Waals surface area contributed by atoms with Gasteiger partial charge in [0.25, 0.3) is 0 Å². The highest BCUT2D eigenvalue weighted by molar-refractivity contribution is 7.21. The van der Waals surface area contributed by atoms with E-state index in [9.17, 15) is 9.59 Å². The fraction of sp³-hybridized carbons (Fsp3) is 0.211. The summed E-state index contributed by atoms with van der Waals surface area (Å²) in [5, 5.41) is 6.73. The molecule has 0 atom stereocenters. The second kappa shape index (κ2) is 7.94. The molecule has 0 aliphatic carbocycles. The quantitative estimate of drug-likeness (QED) is 0.572. The van der Waals surface area contributed by atoms with Crippen LogP contribution in [0.5, 0.6) is 0 Å². The number of rotatable bonds is 4. The van der Waals surface area contributed by atoms with Gasteiger partial charge in [-0.3, -0.25) is 0 Å². The van der Waals surface area contributed by atoms with Gasteiger partial charge in [0.05, 0.1) is 12.3 Å². The number of carbonyl (C=O) groups excluding carboxylic acids is 2. The van der Waals surface area contributed by atoms with Crippen molar-refractivity contribution in [3.05, 3.63) is 51.5 Å². The first kappa shape index (κ1) is 19.1. The van der Waals surface area contributed by atoms with Crippen LogP contribution in [-0.4, -0.2) is 23.6 Å². The van der Waals surface area contributed by atoms with Gasteiger partial charge in [-0.2, -0.15) is 0 Å². The van der Waals surface area contributed by atoms with E-state index in [2.05, 4.69) is 15.6 Å². The first-order chi connectivity index (χ1) is 12.9. The first-order valence-corrected chi connectivity index (χ1v) is 9.50. The van der Waals surface area contributed by atoms with E-state index in [0.717, 1.165) is 16.6 Å². The maximum absolute atomic E-state index is 12.5. The Morgan fingerprint density at radius 3 is 2.70 bits per heavy atom. The molecule has 27 heavy (non-hydrogen) atoms. The number of anilines is 2. The number of esters is 1. The number of hydrogen-bond donors (Lipinski definition) is 2. The molecule has 140 valence electrons. The van der Waals surface area contributed by atoms with E-state index in [-0.39, 0.29) is 6.61 Å². The molecular weight excluding hydrogens is 386 g/mol. The lowest BCUT2D eigenvalue weighted by atomic mass is 10.1. The van der Waals surface area contributed by atoms with Crippen LogP contribution < -0.4 is 10.6 Å². The molecule has 0 aliphatic heterocycles. The highest BCUT2D eigenvalue weighted by Crippen LogP contribution is 2.37. The van der Waals surface area contributed by atoms with Crippen molar-refractivity contribution in [2.24, 2.45) is 0 Å². The van der Waals surface area contributed by atoms with Crippen molar-refractivity contribution >= 4 is 56.5 Å². The monoisotopic (exact) mass is 403 g/mol. The minimum absolute atomic E-state index is 0.243. The number of aryl methyl sites for hydroxylation is 2. The Hall–Kier alpha value is -2.64.